The Hall–Kier alpha value is -2.24. The maximum Gasteiger partial charge on any atom is 0.123 e. The van der Waals surface area contributed by atoms with Crippen LogP contribution in [0.2, 0.25) is 0 Å². The van der Waals surface area contributed by atoms with Gasteiger partial charge in [-0.2, -0.15) is 0 Å². The molecule has 5 heteroatoms. The van der Waals surface area contributed by atoms with Crippen molar-refractivity contribution in [1.29, 1.82) is 0 Å². The van der Waals surface area contributed by atoms with Crippen LogP contribution in [0.25, 0.3) is 0 Å². The fraction of sp³-hybridized carbons (Fsp3) is 0.455. The molecule has 1 saturated heterocycles. The maximum absolute atomic E-state index is 5.85. The van der Waals surface area contributed by atoms with Crippen molar-refractivity contribution < 1.29 is 14.2 Å². The van der Waals surface area contributed by atoms with E-state index in [1.807, 2.05) is 37.3 Å². The second kappa shape index (κ2) is 10.2. The number of hydrogen-bond acceptors (Lipinski definition) is 5. The summed E-state index contributed by atoms with van der Waals surface area (Å²) in [6.45, 7) is 9.64. The molecule has 5 nitrogen and oxygen atoms in total. The molecule has 0 spiro atoms. The van der Waals surface area contributed by atoms with Gasteiger partial charge in [0.25, 0.3) is 0 Å². The fourth-order valence-corrected chi connectivity index (χ4v) is 3.31. The summed E-state index contributed by atoms with van der Waals surface area (Å²) in [4.78, 5) is 4.97. The van der Waals surface area contributed by atoms with E-state index in [-0.39, 0.29) is 0 Å². The average molecular weight is 370 g/mol. The molecule has 2 aromatic carbocycles. The number of piperazine rings is 1. The van der Waals surface area contributed by atoms with Crippen molar-refractivity contribution in [3.63, 3.8) is 0 Å². The van der Waals surface area contributed by atoms with E-state index in [0.29, 0.717) is 13.2 Å². The Kier molecular flexibility index (Phi) is 7.36. The maximum atomic E-state index is 5.85. The molecule has 3 rings (SSSR count). The second-order valence-corrected chi connectivity index (χ2v) is 6.68. The lowest BCUT2D eigenvalue weighted by Crippen LogP contribution is -2.47. The van der Waals surface area contributed by atoms with Crippen LogP contribution in [-0.4, -0.2) is 62.8 Å². The molecule has 0 amide bonds. The minimum atomic E-state index is 0.707. The number of hydrogen-bond donors (Lipinski definition) is 0. The van der Waals surface area contributed by atoms with Crippen molar-refractivity contribution in [3.8, 4) is 17.2 Å². The van der Waals surface area contributed by atoms with Gasteiger partial charge in [0.05, 0.1) is 13.7 Å². The van der Waals surface area contributed by atoms with Gasteiger partial charge in [-0.1, -0.05) is 18.2 Å². The zero-order valence-electron chi connectivity index (χ0n) is 16.4. The number of nitrogens with zero attached hydrogens (tertiary/aromatic N) is 2. The fourth-order valence-electron chi connectivity index (χ4n) is 3.31. The SMILES string of the molecule is CCOc1ccccc1CN1CCN(CCOc2ccc(OC)cc2)CC1. The highest BCUT2D eigenvalue weighted by Crippen LogP contribution is 2.21. The summed E-state index contributed by atoms with van der Waals surface area (Å²) in [6, 6.07) is 16.1. The van der Waals surface area contributed by atoms with Crippen molar-refractivity contribution in [2.45, 2.75) is 13.5 Å². The molecule has 0 bridgehead atoms. The number of benzene rings is 2. The Morgan fingerprint density at radius 2 is 1.48 bits per heavy atom. The van der Waals surface area contributed by atoms with Gasteiger partial charge in [0.1, 0.15) is 23.9 Å². The Morgan fingerprint density at radius 1 is 0.815 bits per heavy atom. The molecule has 27 heavy (non-hydrogen) atoms. The van der Waals surface area contributed by atoms with Crippen LogP contribution >= 0.6 is 0 Å². The van der Waals surface area contributed by atoms with Crippen molar-refractivity contribution in [3.05, 3.63) is 54.1 Å². The molecule has 0 radical (unpaired) electrons. The van der Waals surface area contributed by atoms with Crippen LogP contribution in [0, 0.1) is 0 Å². The summed E-state index contributed by atoms with van der Waals surface area (Å²) in [5.74, 6) is 2.75. The van der Waals surface area contributed by atoms with Crippen molar-refractivity contribution >= 4 is 0 Å². The molecule has 1 heterocycles. The van der Waals surface area contributed by atoms with Crippen molar-refractivity contribution in [2.75, 3.05) is 53.0 Å². The molecule has 0 aliphatic carbocycles. The highest BCUT2D eigenvalue weighted by molar-refractivity contribution is 5.33. The van der Waals surface area contributed by atoms with Crippen LogP contribution in [-0.2, 0) is 6.54 Å². The summed E-state index contributed by atoms with van der Waals surface area (Å²) in [5.41, 5.74) is 1.27. The Morgan fingerprint density at radius 3 is 2.19 bits per heavy atom. The number of rotatable bonds is 9. The predicted molar refractivity (Wildman–Crippen MR) is 108 cm³/mol. The lowest BCUT2D eigenvalue weighted by Gasteiger charge is -2.34. The largest absolute Gasteiger partial charge is 0.497 e. The smallest absolute Gasteiger partial charge is 0.123 e. The quantitative estimate of drug-likeness (QED) is 0.677. The van der Waals surface area contributed by atoms with Crippen LogP contribution in [0.1, 0.15) is 12.5 Å². The minimum Gasteiger partial charge on any atom is -0.497 e. The van der Waals surface area contributed by atoms with E-state index < -0.39 is 0 Å². The van der Waals surface area contributed by atoms with Gasteiger partial charge < -0.3 is 14.2 Å². The van der Waals surface area contributed by atoms with E-state index in [0.717, 1.165) is 56.5 Å². The van der Waals surface area contributed by atoms with Crippen LogP contribution in [0.4, 0.5) is 0 Å². The Bertz CT molecular complexity index is 682. The van der Waals surface area contributed by atoms with Crippen molar-refractivity contribution in [2.24, 2.45) is 0 Å². The first kappa shape index (κ1) is 19.5. The Labute approximate surface area is 162 Å². The number of para-hydroxylation sites is 1. The van der Waals surface area contributed by atoms with E-state index in [1.54, 1.807) is 7.11 Å². The first-order valence-corrected chi connectivity index (χ1v) is 9.70. The standard InChI is InChI=1S/C22H30N2O3/c1-3-26-22-7-5-4-6-19(22)18-24-14-12-23(13-15-24)16-17-27-21-10-8-20(25-2)9-11-21/h4-11H,3,12-18H2,1-2H3. The highest BCUT2D eigenvalue weighted by Gasteiger charge is 2.18. The summed E-state index contributed by atoms with van der Waals surface area (Å²) in [7, 11) is 1.67. The third kappa shape index (κ3) is 5.88. The molecule has 1 aliphatic rings. The molecule has 0 atom stereocenters. The average Bonchev–Trinajstić information content (AvgIpc) is 2.71. The number of ether oxygens (including phenoxy) is 3. The van der Waals surface area contributed by atoms with E-state index in [4.69, 9.17) is 14.2 Å². The summed E-state index contributed by atoms with van der Waals surface area (Å²) >= 11 is 0. The summed E-state index contributed by atoms with van der Waals surface area (Å²) in [6.07, 6.45) is 0. The van der Waals surface area contributed by atoms with Gasteiger partial charge in [-0.05, 0) is 37.3 Å². The molecular weight excluding hydrogens is 340 g/mol. The first-order chi connectivity index (χ1) is 13.3. The van der Waals surface area contributed by atoms with Gasteiger partial charge >= 0.3 is 0 Å². The minimum absolute atomic E-state index is 0.707. The zero-order valence-corrected chi connectivity index (χ0v) is 16.4. The van der Waals surface area contributed by atoms with Crippen LogP contribution in [0.15, 0.2) is 48.5 Å². The lowest BCUT2D eigenvalue weighted by molar-refractivity contribution is 0.112. The molecule has 0 N–H and O–H groups in total. The first-order valence-electron chi connectivity index (χ1n) is 9.70. The van der Waals surface area contributed by atoms with Gasteiger partial charge in [-0.15, -0.1) is 0 Å². The molecule has 1 fully saturated rings. The third-order valence-electron chi connectivity index (χ3n) is 4.87. The zero-order chi connectivity index (χ0) is 18.9. The summed E-state index contributed by atoms with van der Waals surface area (Å²) in [5, 5.41) is 0. The molecule has 146 valence electrons. The molecular formula is C22H30N2O3. The van der Waals surface area contributed by atoms with Crippen LogP contribution in [0.5, 0.6) is 17.2 Å². The van der Waals surface area contributed by atoms with Gasteiger partial charge in [0.2, 0.25) is 0 Å². The molecule has 0 saturated carbocycles. The monoisotopic (exact) mass is 370 g/mol. The Balaban J connectivity index is 1.38. The van der Waals surface area contributed by atoms with Gasteiger partial charge in [0, 0.05) is 44.8 Å². The van der Waals surface area contributed by atoms with Crippen molar-refractivity contribution in [1.82, 2.24) is 9.80 Å². The van der Waals surface area contributed by atoms with E-state index in [1.165, 1.54) is 5.56 Å². The molecule has 2 aromatic rings. The number of methoxy groups -OCH3 is 1. The van der Waals surface area contributed by atoms with Crippen LogP contribution in [0.3, 0.4) is 0 Å². The van der Waals surface area contributed by atoms with Gasteiger partial charge in [0.15, 0.2) is 0 Å². The topological polar surface area (TPSA) is 34.2 Å². The highest BCUT2D eigenvalue weighted by atomic mass is 16.5. The van der Waals surface area contributed by atoms with E-state index >= 15 is 0 Å². The second-order valence-electron chi connectivity index (χ2n) is 6.68. The van der Waals surface area contributed by atoms with Crippen LogP contribution < -0.4 is 14.2 Å². The van der Waals surface area contributed by atoms with E-state index in [9.17, 15) is 0 Å². The lowest BCUT2D eigenvalue weighted by atomic mass is 10.1. The third-order valence-corrected chi connectivity index (χ3v) is 4.87. The summed E-state index contributed by atoms with van der Waals surface area (Å²) < 4.78 is 16.8. The normalized spacial score (nSPS) is 15.5. The predicted octanol–water partition coefficient (Wildman–Crippen LogP) is 3.29. The molecule has 0 unspecified atom stereocenters. The van der Waals surface area contributed by atoms with E-state index in [2.05, 4.69) is 28.0 Å². The molecule has 1 aliphatic heterocycles. The van der Waals surface area contributed by atoms with Gasteiger partial charge in [-0.3, -0.25) is 9.80 Å². The molecule has 0 aromatic heterocycles. The van der Waals surface area contributed by atoms with Gasteiger partial charge in [-0.25, -0.2) is 0 Å².